The number of rotatable bonds is 5. The van der Waals surface area contributed by atoms with E-state index in [0.717, 1.165) is 12.8 Å². The number of nitrogens with zero attached hydrogens (tertiary/aromatic N) is 2. The summed E-state index contributed by atoms with van der Waals surface area (Å²) in [7, 11) is 0. The number of esters is 1. The van der Waals surface area contributed by atoms with Crippen LogP contribution in [-0.2, 0) is 9.53 Å². The zero-order chi connectivity index (χ0) is 16.9. The van der Waals surface area contributed by atoms with E-state index in [-0.39, 0.29) is 11.6 Å². The van der Waals surface area contributed by atoms with E-state index in [9.17, 15) is 9.59 Å². The average Bonchev–Trinajstić information content (AvgIpc) is 3.04. The van der Waals surface area contributed by atoms with Crippen molar-refractivity contribution in [1.82, 2.24) is 14.7 Å². The third-order valence-corrected chi connectivity index (χ3v) is 4.52. The molecule has 2 aromatic rings. The van der Waals surface area contributed by atoms with Crippen molar-refractivity contribution in [2.24, 2.45) is 5.92 Å². The highest BCUT2D eigenvalue weighted by Gasteiger charge is 2.22. The third-order valence-electron chi connectivity index (χ3n) is 4.52. The van der Waals surface area contributed by atoms with Gasteiger partial charge in [-0.15, -0.1) is 0 Å². The van der Waals surface area contributed by atoms with Crippen LogP contribution in [-0.4, -0.2) is 33.9 Å². The van der Waals surface area contributed by atoms with Crippen LogP contribution in [0.4, 0.5) is 0 Å². The Labute approximate surface area is 141 Å². The first-order valence-electron chi connectivity index (χ1n) is 8.56. The van der Waals surface area contributed by atoms with Gasteiger partial charge in [0.15, 0.2) is 11.8 Å². The van der Waals surface area contributed by atoms with Crippen molar-refractivity contribution in [3.8, 4) is 0 Å². The number of pyridine rings is 1. The van der Waals surface area contributed by atoms with Gasteiger partial charge in [-0.3, -0.25) is 4.79 Å². The van der Waals surface area contributed by atoms with Gasteiger partial charge in [0, 0.05) is 18.9 Å². The van der Waals surface area contributed by atoms with Gasteiger partial charge in [-0.05, 0) is 37.8 Å². The fourth-order valence-corrected chi connectivity index (χ4v) is 3.09. The van der Waals surface area contributed by atoms with Crippen molar-refractivity contribution in [2.45, 2.75) is 45.1 Å². The lowest BCUT2D eigenvalue weighted by Gasteiger charge is -2.22. The summed E-state index contributed by atoms with van der Waals surface area (Å²) in [6.45, 7) is 2.25. The minimum Gasteiger partial charge on any atom is -0.448 e. The first-order chi connectivity index (χ1) is 11.6. The third kappa shape index (κ3) is 3.93. The highest BCUT2D eigenvalue weighted by molar-refractivity contribution is 5.91. The molecule has 6 nitrogen and oxygen atoms in total. The van der Waals surface area contributed by atoms with E-state index >= 15 is 0 Å². The molecule has 2 heterocycles. The minimum absolute atomic E-state index is 0.202. The summed E-state index contributed by atoms with van der Waals surface area (Å²) >= 11 is 0. The van der Waals surface area contributed by atoms with E-state index in [0.29, 0.717) is 18.1 Å². The van der Waals surface area contributed by atoms with Gasteiger partial charge in [-0.1, -0.05) is 25.3 Å². The lowest BCUT2D eigenvalue weighted by Crippen LogP contribution is -2.38. The number of carbonyl (C=O) groups excluding carboxylic acids is 2. The molecule has 2 aromatic heterocycles. The molecule has 0 bridgehead atoms. The number of hydrogen-bond donors (Lipinski definition) is 1. The summed E-state index contributed by atoms with van der Waals surface area (Å²) in [6.07, 6.45) is 8.66. The number of imidazole rings is 1. The van der Waals surface area contributed by atoms with Crippen molar-refractivity contribution < 1.29 is 14.3 Å². The monoisotopic (exact) mass is 329 g/mol. The van der Waals surface area contributed by atoms with E-state index in [2.05, 4.69) is 10.3 Å². The van der Waals surface area contributed by atoms with Crippen LogP contribution < -0.4 is 5.32 Å². The quantitative estimate of drug-likeness (QED) is 0.856. The van der Waals surface area contributed by atoms with Crippen molar-refractivity contribution in [3.63, 3.8) is 0 Å². The maximum Gasteiger partial charge on any atom is 0.359 e. The van der Waals surface area contributed by atoms with E-state index in [1.54, 1.807) is 29.8 Å². The Hall–Kier alpha value is -2.37. The second kappa shape index (κ2) is 7.47. The molecular formula is C18H23N3O3. The summed E-state index contributed by atoms with van der Waals surface area (Å²) in [5, 5.41) is 2.89. The van der Waals surface area contributed by atoms with Crippen LogP contribution in [0.5, 0.6) is 0 Å². The second-order valence-electron chi connectivity index (χ2n) is 6.39. The predicted molar refractivity (Wildman–Crippen MR) is 89.7 cm³/mol. The molecule has 6 heteroatoms. The fraction of sp³-hybridized carbons (Fsp3) is 0.500. The van der Waals surface area contributed by atoms with Crippen LogP contribution >= 0.6 is 0 Å². The number of nitrogens with one attached hydrogen (secondary N) is 1. The molecule has 1 amide bonds. The van der Waals surface area contributed by atoms with Crippen LogP contribution in [0.25, 0.3) is 5.65 Å². The van der Waals surface area contributed by atoms with Crippen LogP contribution in [0.1, 0.15) is 49.5 Å². The van der Waals surface area contributed by atoms with Gasteiger partial charge in [0.1, 0.15) is 5.65 Å². The van der Waals surface area contributed by atoms with E-state index in [4.69, 9.17) is 4.74 Å². The van der Waals surface area contributed by atoms with Gasteiger partial charge in [-0.2, -0.15) is 0 Å². The molecule has 1 fully saturated rings. The highest BCUT2D eigenvalue weighted by Crippen LogP contribution is 2.22. The normalized spacial score (nSPS) is 16.7. The summed E-state index contributed by atoms with van der Waals surface area (Å²) in [5.74, 6) is -0.291. The van der Waals surface area contributed by atoms with Gasteiger partial charge in [0.05, 0.1) is 0 Å². The molecule has 0 radical (unpaired) electrons. The number of ether oxygens (including phenoxy) is 1. The Morgan fingerprint density at radius 1 is 1.33 bits per heavy atom. The first kappa shape index (κ1) is 16.5. The molecule has 0 saturated heterocycles. The van der Waals surface area contributed by atoms with Gasteiger partial charge >= 0.3 is 5.97 Å². The van der Waals surface area contributed by atoms with Crippen molar-refractivity contribution >= 4 is 17.5 Å². The first-order valence-corrected chi connectivity index (χ1v) is 8.56. The van der Waals surface area contributed by atoms with Crippen molar-refractivity contribution in [3.05, 3.63) is 36.3 Å². The number of fused-ring (bicyclic) bond motifs is 1. The lowest BCUT2D eigenvalue weighted by atomic mass is 9.89. The summed E-state index contributed by atoms with van der Waals surface area (Å²) < 4.78 is 6.98. The van der Waals surface area contributed by atoms with Gasteiger partial charge in [0.2, 0.25) is 0 Å². The van der Waals surface area contributed by atoms with E-state index in [1.165, 1.54) is 19.3 Å². The molecular weight excluding hydrogens is 306 g/mol. The molecule has 128 valence electrons. The van der Waals surface area contributed by atoms with Crippen molar-refractivity contribution in [2.75, 3.05) is 6.54 Å². The smallest absolute Gasteiger partial charge is 0.359 e. The SMILES string of the molecule is C[C@H](OC(=O)c1cn2ccccc2n1)C(=O)NCC1CCCCC1. The molecule has 0 aromatic carbocycles. The number of hydrogen-bond acceptors (Lipinski definition) is 4. The molecule has 1 atom stereocenters. The van der Waals surface area contributed by atoms with Crippen LogP contribution in [0.15, 0.2) is 30.6 Å². The molecule has 1 aliphatic carbocycles. The molecule has 0 spiro atoms. The molecule has 0 aliphatic heterocycles. The Balaban J connectivity index is 1.52. The number of amides is 1. The van der Waals surface area contributed by atoms with Crippen LogP contribution in [0, 0.1) is 5.92 Å². The molecule has 1 aliphatic rings. The largest absolute Gasteiger partial charge is 0.448 e. The second-order valence-corrected chi connectivity index (χ2v) is 6.39. The minimum atomic E-state index is -0.828. The van der Waals surface area contributed by atoms with E-state index in [1.807, 2.05) is 12.1 Å². The summed E-state index contributed by atoms with van der Waals surface area (Å²) in [5.41, 5.74) is 0.868. The highest BCUT2D eigenvalue weighted by atomic mass is 16.5. The predicted octanol–water partition coefficient (Wildman–Crippen LogP) is 2.58. The zero-order valence-electron chi connectivity index (χ0n) is 13.9. The number of aromatic nitrogens is 2. The molecule has 3 rings (SSSR count). The van der Waals surface area contributed by atoms with Gasteiger partial charge < -0.3 is 14.5 Å². The standard InChI is InChI=1S/C18H23N3O3/c1-13(17(22)19-11-14-7-3-2-4-8-14)24-18(23)15-12-21-10-6-5-9-16(21)20-15/h5-6,9-10,12-14H,2-4,7-8,11H2,1H3,(H,19,22)/t13-/m0/s1. The van der Waals surface area contributed by atoms with Crippen molar-refractivity contribution in [1.29, 1.82) is 0 Å². The number of carbonyl (C=O) groups is 2. The Bertz CT molecular complexity index is 686. The van der Waals surface area contributed by atoms with Gasteiger partial charge in [0.25, 0.3) is 5.91 Å². The maximum atomic E-state index is 12.2. The van der Waals surface area contributed by atoms with Crippen LogP contribution in [0.2, 0.25) is 0 Å². The molecule has 24 heavy (non-hydrogen) atoms. The molecule has 1 N–H and O–H groups in total. The summed E-state index contributed by atoms with van der Waals surface area (Å²) in [6, 6.07) is 5.50. The molecule has 0 unspecified atom stereocenters. The van der Waals surface area contributed by atoms with E-state index < -0.39 is 12.1 Å². The Morgan fingerprint density at radius 3 is 2.88 bits per heavy atom. The Morgan fingerprint density at radius 2 is 2.12 bits per heavy atom. The maximum absolute atomic E-state index is 12.2. The zero-order valence-corrected chi connectivity index (χ0v) is 13.9. The topological polar surface area (TPSA) is 72.7 Å². The summed E-state index contributed by atoms with van der Waals surface area (Å²) in [4.78, 5) is 28.5. The van der Waals surface area contributed by atoms with Crippen LogP contribution in [0.3, 0.4) is 0 Å². The lowest BCUT2D eigenvalue weighted by molar-refractivity contribution is -0.129. The average molecular weight is 329 g/mol. The fourth-order valence-electron chi connectivity index (χ4n) is 3.09. The Kier molecular flexibility index (Phi) is 5.13. The van der Waals surface area contributed by atoms with Gasteiger partial charge in [-0.25, -0.2) is 9.78 Å². The molecule has 1 saturated carbocycles.